The second-order valence-corrected chi connectivity index (χ2v) is 7.07. The molecule has 2 aliphatic heterocycles. The fourth-order valence-electron chi connectivity index (χ4n) is 3.84. The van der Waals surface area contributed by atoms with Crippen LogP contribution in [-0.4, -0.2) is 63.7 Å². The van der Waals surface area contributed by atoms with Gasteiger partial charge in [-0.15, -0.1) is 0 Å². The van der Waals surface area contributed by atoms with Gasteiger partial charge in [0.2, 0.25) is 0 Å². The van der Waals surface area contributed by atoms with Gasteiger partial charge in [-0.05, 0) is 37.7 Å². The maximum Gasteiger partial charge on any atom is 0.256 e. The number of rotatable bonds is 4. The van der Waals surface area contributed by atoms with Crippen molar-refractivity contribution in [3.8, 4) is 0 Å². The van der Waals surface area contributed by atoms with Crippen LogP contribution in [0.2, 0.25) is 0 Å². The van der Waals surface area contributed by atoms with Crippen LogP contribution in [0.4, 0.5) is 0 Å². The minimum Gasteiger partial charge on any atom is -0.396 e. The van der Waals surface area contributed by atoms with Crippen LogP contribution in [0.15, 0.2) is 18.6 Å². The number of nitrogens with zero attached hydrogens (tertiary/aromatic N) is 3. The van der Waals surface area contributed by atoms with E-state index < -0.39 is 0 Å². The zero-order valence-corrected chi connectivity index (χ0v) is 14.7. The van der Waals surface area contributed by atoms with Crippen molar-refractivity contribution in [2.24, 2.45) is 0 Å². The van der Waals surface area contributed by atoms with Crippen molar-refractivity contribution in [2.45, 2.75) is 43.7 Å². The van der Waals surface area contributed by atoms with Crippen LogP contribution in [0, 0.1) is 0 Å². The molecule has 0 saturated carbocycles. The van der Waals surface area contributed by atoms with Crippen LogP contribution in [-0.2, 0) is 15.9 Å². The number of carbonyl (C=O) groups is 1. The first-order valence-electron chi connectivity index (χ1n) is 9.15. The minimum absolute atomic E-state index is 0.0539. The monoisotopic (exact) mass is 360 g/mol. The number of aliphatic hydroxyl groups excluding tert-OH is 1. The van der Waals surface area contributed by atoms with Gasteiger partial charge >= 0.3 is 0 Å². The number of ether oxygens (including phenoxy) is 2. The van der Waals surface area contributed by atoms with Crippen molar-refractivity contribution in [1.82, 2.24) is 19.9 Å². The predicted molar refractivity (Wildman–Crippen MR) is 93.0 cm³/mol. The summed E-state index contributed by atoms with van der Waals surface area (Å²) >= 11 is 0. The largest absolute Gasteiger partial charge is 0.396 e. The van der Waals surface area contributed by atoms with Crippen molar-refractivity contribution in [1.29, 1.82) is 0 Å². The molecule has 0 aliphatic carbocycles. The Morgan fingerprint density at radius 2 is 2.19 bits per heavy atom. The number of fused-ring (bicyclic) bond motifs is 1. The zero-order valence-electron chi connectivity index (χ0n) is 14.7. The molecule has 2 fully saturated rings. The van der Waals surface area contributed by atoms with E-state index in [-0.39, 0.29) is 24.2 Å². The fourth-order valence-corrected chi connectivity index (χ4v) is 3.84. The van der Waals surface area contributed by atoms with Crippen molar-refractivity contribution in [3.63, 3.8) is 0 Å². The highest BCUT2D eigenvalue weighted by Gasteiger charge is 2.39. The van der Waals surface area contributed by atoms with Crippen molar-refractivity contribution in [2.75, 3.05) is 26.4 Å². The van der Waals surface area contributed by atoms with Gasteiger partial charge in [0.25, 0.3) is 5.91 Å². The lowest BCUT2D eigenvalue weighted by atomic mass is 9.84. The number of amides is 1. The molecule has 0 radical (unpaired) electrons. The van der Waals surface area contributed by atoms with Crippen LogP contribution in [0.5, 0.6) is 0 Å². The average molecular weight is 360 g/mol. The molecular formula is C18H24N4O4. The number of hydrogen-bond acceptors (Lipinski definition) is 6. The molecule has 2 aromatic rings. The number of aliphatic hydroxyl groups is 1. The molecule has 1 amide bonds. The fraction of sp³-hybridized carbons (Fsp3) is 0.611. The van der Waals surface area contributed by atoms with E-state index in [4.69, 9.17) is 14.6 Å². The third-order valence-electron chi connectivity index (χ3n) is 5.29. The number of hydrogen-bond donors (Lipinski definition) is 2. The summed E-state index contributed by atoms with van der Waals surface area (Å²) in [7, 11) is 0. The van der Waals surface area contributed by atoms with Gasteiger partial charge in [-0.25, -0.2) is 9.50 Å². The Balaban J connectivity index is 1.47. The quantitative estimate of drug-likeness (QED) is 0.834. The Labute approximate surface area is 151 Å². The maximum absolute atomic E-state index is 12.8. The second-order valence-electron chi connectivity index (χ2n) is 7.07. The highest BCUT2D eigenvalue weighted by molar-refractivity contribution is 5.99. The minimum atomic E-state index is -0.160. The molecule has 26 heavy (non-hydrogen) atoms. The van der Waals surface area contributed by atoms with E-state index in [2.05, 4.69) is 15.4 Å². The first-order valence-corrected chi connectivity index (χ1v) is 9.15. The van der Waals surface area contributed by atoms with Gasteiger partial charge in [-0.1, -0.05) is 0 Å². The van der Waals surface area contributed by atoms with Crippen molar-refractivity contribution in [3.05, 3.63) is 29.7 Å². The summed E-state index contributed by atoms with van der Waals surface area (Å²) in [6.07, 6.45) is 8.91. The summed E-state index contributed by atoms with van der Waals surface area (Å²) < 4.78 is 13.1. The Kier molecular flexibility index (Phi) is 4.88. The molecule has 0 aromatic carbocycles. The molecule has 1 spiro atoms. The number of nitrogens with one attached hydrogen (secondary N) is 1. The van der Waals surface area contributed by atoms with Crippen LogP contribution in [0.3, 0.4) is 0 Å². The van der Waals surface area contributed by atoms with Crippen molar-refractivity contribution >= 4 is 11.6 Å². The molecule has 8 nitrogen and oxygen atoms in total. The summed E-state index contributed by atoms with van der Waals surface area (Å²) in [5, 5.41) is 16.4. The lowest BCUT2D eigenvalue weighted by Crippen LogP contribution is -2.51. The Morgan fingerprint density at radius 3 is 3.00 bits per heavy atom. The van der Waals surface area contributed by atoms with Crippen molar-refractivity contribution < 1.29 is 19.4 Å². The zero-order chi connectivity index (χ0) is 18.0. The molecule has 4 heterocycles. The average Bonchev–Trinajstić information content (AvgIpc) is 3.06. The normalized spacial score (nSPS) is 22.6. The molecule has 140 valence electrons. The van der Waals surface area contributed by atoms with E-state index in [0.29, 0.717) is 24.2 Å². The van der Waals surface area contributed by atoms with Gasteiger partial charge in [0, 0.05) is 44.9 Å². The SMILES string of the molecule is O=C(N[C@H]1CCOC2(CCOCC2)C1)c1cnn2cc(CCO)cnc12. The molecular weight excluding hydrogens is 336 g/mol. The smallest absolute Gasteiger partial charge is 0.256 e. The van der Waals surface area contributed by atoms with E-state index in [1.165, 1.54) is 0 Å². The first-order chi connectivity index (χ1) is 12.7. The lowest BCUT2D eigenvalue weighted by Gasteiger charge is -2.43. The molecule has 0 unspecified atom stereocenters. The number of aromatic nitrogens is 3. The molecule has 0 bridgehead atoms. The van der Waals surface area contributed by atoms with E-state index in [1.54, 1.807) is 23.1 Å². The number of carbonyl (C=O) groups excluding carboxylic acids is 1. The topological polar surface area (TPSA) is 98.0 Å². The van der Waals surface area contributed by atoms with Gasteiger partial charge in [0.1, 0.15) is 5.56 Å². The molecule has 1 atom stereocenters. The van der Waals surface area contributed by atoms with Crippen LogP contribution < -0.4 is 5.32 Å². The van der Waals surface area contributed by atoms with E-state index in [1.807, 2.05) is 0 Å². The highest BCUT2D eigenvalue weighted by atomic mass is 16.5. The third-order valence-corrected chi connectivity index (χ3v) is 5.29. The first kappa shape index (κ1) is 17.4. The Bertz CT molecular complexity index is 779. The summed E-state index contributed by atoms with van der Waals surface area (Å²) in [5.74, 6) is -0.156. The van der Waals surface area contributed by atoms with Gasteiger partial charge in [0.15, 0.2) is 5.65 Å². The van der Waals surface area contributed by atoms with Gasteiger partial charge in [0.05, 0.1) is 11.8 Å². The van der Waals surface area contributed by atoms with E-state index in [0.717, 1.165) is 44.5 Å². The summed E-state index contributed by atoms with van der Waals surface area (Å²) in [4.78, 5) is 17.1. The summed E-state index contributed by atoms with van der Waals surface area (Å²) in [6, 6.07) is 0.0814. The standard InChI is InChI=1S/C18H24N4O4/c23-5-1-13-10-19-16-15(11-20-22(16)12-13)17(24)21-14-2-6-26-18(9-14)3-7-25-8-4-18/h10-12,14,23H,1-9H2,(H,21,24)/t14-/m0/s1. The molecule has 2 N–H and O–H groups in total. The second kappa shape index (κ2) is 7.30. The van der Waals surface area contributed by atoms with Crippen LogP contribution in [0.25, 0.3) is 5.65 Å². The lowest BCUT2D eigenvalue weighted by molar-refractivity contribution is -0.139. The molecule has 4 rings (SSSR count). The highest BCUT2D eigenvalue weighted by Crippen LogP contribution is 2.34. The Hall–Kier alpha value is -2.03. The Morgan fingerprint density at radius 1 is 1.35 bits per heavy atom. The van der Waals surface area contributed by atoms with Crippen LogP contribution >= 0.6 is 0 Å². The summed E-state index contributed by atoms with van der Waals surface area (Å²) in [5.41, 5.74) is 1.71. The van der Waals surface area contributed by atoms with E-state index in [9.17, 15) is 4.79 Å². The van der Waals surface area contributed by atoms with Gasteiger partial charge in [-0.2, -0.15) is 5.10 Å². The maximum atomic E-state index is 12.8. The van der Waals surface area contributed by atoms with Gasteiger partial charge < -0.3 is 19.9 Å². The molecule has 2 aromatic heterocycles. The summed E-state index contributed by atoms with van der Waals surface area (Å²) in [6.45, 7) is 2.14. The van der Waals surface area contributed by atoms with E-state index >= 15 is 0 Å². The predicted octanol–water partition coefficient (Wildman–Crippen LogP) is 0.722. The molecule has 2 saturated heterocycles. The molecule has 2 aliphatic rings. The van der Waals surface area contributed by atoms with Gasteiger partial charge in [-0.3, -0.25) is 4.79 Å². The van der Waals surface area contributed by atoms with Crippen LogP contribution in [0.1, 0.15) is 41.6 Å². The third kappa shape index (κ3) is 3.44. The molecule has 8 heteroatoms.